The van der Waals surface area contributed by atoms with E-state index >= 15 is 0 Å². The van der Waals surface area contributed by atoms with Crippen LogP contribution < -0.4 is 5.73 Å². The van der Waals surface area contributed by atoms with Crippen molar-refractivity contribution in [2.24, 2.45) is 29.4 Å². The Morgan fingerprint density at radius 3 is 2.12 bits per heavy atom. The first-order valence-electron chi connectivity index (χ1n) is 7.39. The van der Waals surface area contributed by atoms with Gasteiger partial charge in [0.15, 0.2) is 0 Å². The highest BCUT2D eigenvalue weighted by Crippen LogP contribution is 2.39. The van der Waals surface area contributed by atoms with Gasteiger partial charge in [-0.2, -0.15) is 0 Å². The van der Waals surface area contributed by atoms with Crippen LogP contribution in [0.25, 0.3) is 0 Å². The van der Waals surface area contributed by atoms with Crippen LogP contribution in [0.5, 0.6) is 0 Å². The molecule has 1 heteroatoms. The monoisotopic (exact) mass is 225 g/mol. The van der Waals surface area contributed by atoms with E-state index in [9.17, 15) is 0 Å². The lowest BCUT2D eigenvalue weighted by atomic mass is 9.68. The van der Waals surface area contributed by atoms with Gasteiger partial charge >= 0.3 is 0 Å². The van der Waals surface area contributed by atoms with Gasteiger partial charge in [-0.25, -0.2) is 0 Å². The maximum absolute atomic E-state index is 6.12. The molecule has 0 aromatic carbocycles. The fourth-order valence-corrected chi connectivity index (χ4v) is 3.80. The first kappa shape index (κ1) is 14.0. The zero-order valence-corrected chi connectivity index (χ0v) is 11.7. The summed E-state index contributed by atoms with van der Waals surface area (Å²) >= 11 is 0. The fraction of sp³-hybridized carbons (Fsp3) is 1.00. The van der Waals surface area contributed by atoms with E-state index < -0.39 is 0 Å². The van der Waals surface area contributed by atoms with Crippen molar-refractivity contribution in [3.8, 4) is 0 Å². The molecule has 0 amide bonds. The third-order valence-corrected chi connectivity index (χ3v) is 5.01. The summed E-state index contributed by atoms with van der Waals surface area (Å²) in [5.41, 5.74) is 6.12. The van der Waals surface area contributed by atoms with Crippen LogP contribution in [0.2, 0.25) is 0 Å². The Labute approximate surface area is 102 Å². The van der Waals surface area contributed by atoms with Crippen molar-refractivity contribution >= 4 is 0 Å². The minimum atomic E-state index is 0.468. The van der Waals surface area contributed by atoms with Crippen molar-refractivity contribution in [3.05, 3.63) is 0 Å². The molecule has 0 spiro atoms. The molecule has 1 fully saturated rings. The Hall–Kier alpha value is -0.0400. The van der Waals surface area contributed by atoms with E-state index in [0.717, 1.165) is 23.7 Å². The molecule has 0 bridgehead atoms. The molecule has 0 aromatic heterocycles. The van der Waals surface area contributed by atoms with Crippen LogP contribution in [0.1, 0.15) is 66.2 Å². The zero-order chi connectivity index (χ0) is 12.1. The second kappa shape index (κ2) is 6.64. The molecule has 0 heterocycles. The van der Waals surface area contributed by atoms with E-state index in [-0.39, 0.29) is 0 Å². The lowest BCUT2D eigenvalue weighted by Crippen LogP contribution is -2.37. The van der Waals surface area contributed by atoms with Crippen LogP contribution in [0.4, 0.5) is 0 Å². The highest BCUT2D eigenvalue weighted by molar-refractivity contribution is 4.85. The molecular weight excluding hydrogens is 194 g/mol. The van der Waals surface area contributed by atoms with Crippen molar-refractivity contribution in [1.82, 2.24) is 0 Å². The molecule has 16 heavy (non-hydrogen) atoms. The van der Waals surface area contributed by atoms with E-state index in [1.54, 1.807) is 0 Å². The molecule has 96 valence electrons. The Morgan fingerprint density at radius 2 is 1.69 bits per heavy atom. The van der Waals surface area contributed by atoms with Gasteiger partial charge in [-0.05, 0) is 42.9 Å². The molecular formula is C15H31N. The summed E-state index contributed by atoms with van der Waals surface area (Å²) in [6.07, 6.45) is 8.07. The first-order valence-corrected chi connectivity index (χ1v) is 7.39. The largest absolute Gasteiger partial charge is 0.327 e. The third-order valence-electron chi connectivity index (χ3n) is 5.01. The number of hydrogen-bond donors (Lipinski definition) is 1. The highest BCUT2D eigenvalue weighted by Gasteiger charge is 2.32. The van der Waals surface area contributed by atoms with Crippen molar-refractivity contribution in [1.29, 1.82) is 0 Å². The highest BCUT2D eigenvalue weighted by atomic mass is 14.7. The van der Waals surface area contributed by atoms with Crippen molar-refractivity contribution in [2.45, 2.75) is 72.3 Å². The number of nitrogens with two attached hydrogens (primary N) is 1. The standard InChI is InChI=1S/C15H31N/c1-5-12(6-2)14(7-3)13-8-9-15(16)11(4)10-13/h11-15H,5-10,16H2,1-4H3. The van der Waals surface area contributed by atoms with E-state index in [2.05, 4.69) is 27.7 Å². The summed E-state index contributed by atoms with van der Waals surface area (Å²) < 4.78 is 0. The predicted octanol–water partition coefficient (Wildman–Crippen LogP) is 4.21. The van der Waals surface area contributed by atoms with Crippen LogP contribution in [0.3, 0.4) is 0 Å². The normalized spacial score (nSPS) is 33.0. The molecule has 4 atom stereocenters. The second-order valence-corrected chi connectivity index (χ2v) is 5.86. The molecule has 0 aliphatic heterocycles. The number of hydrogen-bond acceptors (Lipinski definition) is 1. The van der Waals surface area contributed by atoms with E-state index in [0.29, 0.717) is 6.04 Å². The van der Waals surface area contributed by atoms with Crippen LogP contribution in [0.15, 0.2) is 0 Å². The molecule has 1 saturated carbocycles. The molecule has 1 aliphatic rings. The van der Waals surface area contributed by atoms with Crippen molar-refractivity contribution < 1.29 is 0 Å². The summed E-state index contributed by atoms with van der Waals surface area (Å²) in [7, 11) is 0. The molecule has 0 saturated heterocycles. The molecule has 4 unspecified atom stereocenters. The smallest absolute Gasteiger partial charge is 0.00647 e. The quantitative estimate of drug-likeness (QED) is 0.745. The first-order chi connectivity index (χ1) is 7.63. The van der Waals surface area contributed by atoms with Gasteiger partial charge in [0.1, 0.15) is 0 Å². The molecule has 1 rings (SSSR count). The second-order valence-electron chi connectivity index (χ2n) is 5.86. The van der Waals surface area contributed by atoms with Gasteiger partial charge in [0, 0.05) is 6.04 Å². The molecule has 0 radical (unpaired) electrons. The Bertz CT molecular complexity index is 186. The van der Waals surface area contributed by atoms with Crippen LogP contribution in [-0.2, 0) is 0 Å². The lowest BCUT2D eigenvalue weighted by molar-refractivity contribution is 0.128. The van der Waals surface area contributed by atoms with Gasteiger partial charge in [0.05, 0.1) is 0 Å². The maximum Gasteiger partial charge on any atom is 0.00647 e. The molecule has 1 nitrogen and oxygen atoms in total. The van der Waals surface area contributed by atoms with Crippen LogP contribution in [-0.4, -0.2) is 6.04 Å². The number of rotatable bonds is 5. The summed E-state index contributed by atoms with van der Waals surface area (Å²) in [5, 5.41) is 0. The van der Waals surface area contributed by atoms with Gasteiger partial charge in [-0.1, -0.05) is 47.0 Å². The summed E-state index contributed by atoms with van der Waals surface area (Å²) in [6, 6.07) is 0.468. The minimum Gasteiger partial charge on any atom is -0.327 e. The topological polar surface area (TPSA) is 26.0 Å². The van der Waals surface area contributed by atoms with E-state index in [1.807, 2.05) is 0 Å². The van der Waals surface area contributed by atoms with E-state index in [4.69, 9.17) is 5.73 Å². The van der Waals surface area contributed by atoms with Crippen LogP contribution in [0, 0.1) is 23.7 Å². The van der Waals surface area contributed by atoms with Gasteiger partial charge in [0.25, 0.3) is 0 Å². The van der Waals surface area contributed by atoms with Crippen molar-refractivity contribution in [3.63, 3.8) is 0 Å². The maximum atomic E-state index is 6.12. The zero-order valence-electron chi connectivity index (χ0n) is 11.7. The van der Waals surface area contributed by atoms with Gasteiger partial charge in [0.2, 0.25) is 0 Å². The molecule has 0 aromatic rings. The Kier molecular flexibility index (Phi) is 5.82. The predicted molar refractivity (Wildman–Crippen MR) is 72.3 cm³/mol. The van der Waals surface area contributed by atoms with Gasteiger partial charge < -0.3 is 5.73 Å². The minimum absolute atomic E-state index is 0.468. The third kappa shape index (κ3) is 3.23. The average Bonchev–Trinajstić information content (AvgIpc) is 2.29. The van der Waals surface area contributed by atoms with Gasteiger partial charge in [-0.15, -0.1) is 0 Å². The Morgan fingerprint density at radius 1 is 1.06 bits per heavy atom. The van der Waals surface area contributed by atoms with Crippen molar-refractivity contribution in [2.75, 3.05) is 0 Å². The van der Waals surface area contributed by atoms with Crippen LogP contribution >= 0.6 is 0 Å². The Balaban J connectivity index is 2.59. The molecule has 2 N–H and O–H groups in total. The summed E-state index contributed by atoms with van der Waals surface area (Å²) in [6.45, 7) is 9.43. The average molecular weight is 225 g/mol. The summed E-state index contributed by atoms with van der Waals surface area (Å²) in [5.74, 6) is 3.58. The SMILES string of the molecule is CCC(CC)C(CC)C1CCC(N)C(C)C1. The summed E-state index contributed by atoms with van der Waals surface area (Å²) in [4.78, 5) is 0. The van der Waals surface area contributed by atoms with E-state index in [1.165, 1.54) is 38.5 Å². The fourth-order valence-electron chi connectivity index (χ4n) is 3.80. The van der Waals surface area contributed by atoms with Gasteiger partial charge in [-0.3, -0.25) is 0 Å². The molecule has 1 aliphatic carbocycles. The lowest BCUT2D eigenvalue weighted by Gasteiger charge is -2.39.